The number of carboxylic acids is 1. The molecule has 2 N–H and O–H groups in total. The molecule has 4 atom stereocenters. The van der Waals surface area contributed by atoms with Crippen LogP contribution in [0.25, 0.3) is 11.0 Å². The predicted molar refractivity (Wildman–Crippen MR) is 133 cm³/mol. The van der Waals surface area contributed by atoms with Gasteiger partial charge < -0.3 is 19.5 Å². The lowest BCUT2D eigenvalue weighted by Crippen LogP contribution is -2.42. The van der Waals surface area contributed by atoms with E-state index in [1.54, 1.807) is 15.8 Å². The number of halogens is 1. The largest absolute Gasteiger partial charge is 0.481 e. The molecule has 1 aliphatic carbocycles. The molecule has 192 valence electrons. The Hall–Kier alpha value is -3.11. The van der Waals surface area contributed by atoms with E-state index in [2.05, 4.69) is 5.10 Å². The highest BCUT2D eigenvalue weighted by atomic mass is 35.5. The van der Waals surface area contributed by atoms with Gasteiger partial charge in [0.25, 0.3) is 0 Å². The van der Waals surface area contributed by atoms with Gasteiger partial charge in [0.1, 0.15) is 11.9 Å². The number of methoxy groups -OCH3 is 1. The maximum Gasteiger partial charge on any atom is 0.414 e. The Morgan fingerprint density at radius 3 is 2.78 bits per heavy atom. The highest BCUT2D eigenvalue weighted by molar-refractivity contribution is 6.30. The Morgan fingerprint density at radius 1 is 1.28 bits per heavy atom. The van der Waals surface area contributed by atoms with Gasteiger partial charge in [-0.25, -0.2) is 9.78 Å². The Balaban J connectivity index is 1.64. The van der Waals surface area contributed by atoms with Crippen LogP contribution < -0.4 is 4.90 Å². The summed E-state index contributed by atoms with van der Waals surface area (Å²) < 4.78 is 8.62. The summed E-state index contributed by atoms with van der Waals surface area (Å²) in [5.74, 6) is -0.772. The minimum atomic E-state index is -0.992. The van der Waals surface area contributed by atoms with E-state index in [-0.39, 0.29) is 18.6 Å². The first kappa shape index (κ1) is 24.6. The predicted octanol–water partition coefficient (Wildman–Crippen LogP) is 4.34. The fourth-order valence-electron chi connectivity index (χ4n) is 5.73. The number of rotatable bonds is 5. The van der Waals surface area contributed by atoms with Crippen LogP contribution in [0.5, 0.6) is 0 Å². The first-order valence-corrected chi connectivity index (χ1v) is 12.7. The molecule has 0 radical (unpaired) electrons. The molecule has 2 aromatic heterocycles. The Kier molecular flexibility index (Phi) is 6.65. The van der Waals surface area contributed by atoms with Crippen LogP contribution in [0, 0.1) is 5.92 Å². The molecule has 11 heteroatoms. The van der Waals surface area contributed by atoms with E-state index in [4.69, 9.17) is 21.3 Å². The Bertz CT molecular complexity index is 1300. The quantitative estimate of drug-likeness (QED) is 0.518. The van der Waals surface area contributed by atoms with E-state index >= 15 is 0 Å². The van der Waals surface area contributed by atoms with Gasteiger partial charge in [-0.2, -0.15) is 5.10 Å². The number of carbonyl (C=O) groups excluding carboxylic acids is 1. The van der Waals surface area contributed by atoms with Crippen molar-refractivity contribution in [1.29, 1.82) is 0 Å². The number of ether oxygens (including phenoxy) is 1. The minimum Gasteiger partial charge on any atom is -0.481 e. The lowest BCUT2D eigenvalue weighted by atomic mass is 9.85. The van der Waals surface area contributed by atoms with Gasteiger partial charge in [-0.05, 0) is 51.2 Å². The van der Waals surface area contributed by atoms with Gasteiger partial charge >= 0.3 is 12.1 Å². The molecule has 1 saturated carbocycles. The summed E-state index contributed by atoms with van der Waals surface area (Å²) in [5.41, 5.74) is 3.23. The van der Waals surface area contributed by atoms with Crippen LogP contribution in [0.2, 0.25) is 5.02 Å². The van der Waals surface area contributed by atoms with Crippen molar-refractivity contribution >= 4 is 40.4 Å². The average Bonchev–Trinajstić information content (AvgIpc) is 3.46. The number of aliphatic carboxylic acids is 1. The second kappa shape index (κ2) is 9.74. The van der Waals surface area contributed by atoms with E-state index < -0.39 is 24.1 Å². The number of aryl methyl sites for hydroxylation is 1. The standard InChI is InChI=1S/C25H30ClN5O5/c1-14-6-7-18-19(30(14)25(35)36-2)8-9-20-22(18)28-23(21(32)13-29-12-16(26)11-27-29)31(20)17-5-3-4-15(10-17)24(33)34/h8-9,11-12,14-15,17,21,32H,3-7,10,13H2,1-2H3,(H,33,34)/t14-,15+,17+,21-/m0/s1. The second-order valence-corrected chi connectivity index (χ2v) is 10.2. The SMILES string of the molecule is COC(=O)N1c2ccc3c(nc([C@@H](O)Cn4cc(Cl)cn4)n3[C@@H]3CCC[C@@H](C(=O)O)C3)c2CC[C@@H]1C. The molecule has 3 aromatic rings. The number of aliphatic hydroxyl groups is 1. The fraction of sp³-hybridized carbons (Fsp3) is 0.520. The molecule has 36 heavy (non-hydrogen) atoms. The summed E-state index contributed by atoms with van der Waals surface area (Å²) in [7, 11) is 1.37. The van der Waals surface area contributed by atoms with E-state index in [9.17, 15) is 19.8 Å². The third-order valence-electron chi connectivity index (χ3n) is 7.47. The van der Waals surface area contributed by atoms with Crippen molar-refractivity contribution in [3.05, 3.63) is 40.9 Å². The number of hydrogen-bond acceptors (Lipinski definition) is 6. The van der Waals surface area contributed by atoms with Gasteiger partial charge in [0.2, 0.25) is 0 Å². The van der Waals surface area contributed by atoms with Crippen LogP contribution in [0.1, 0.15) is 62.6 Å². The molecule has 0 bridgehead atoms. The fourth-order valence-corrected chi connectivity index (χ4v) is 5.89. The summed E-state index contributed by atoms with van der Waals surface area (Å²) in [6.45, 7) is 2.14. The molecule has 1 aromatic carbocycles. The van der Waals surface area contributed by atoms with Crippen molar-refractivity contribution in [3.63, 3.8) is 0 Å². The molecule has 3 heterocycles. The lowest BCUT2D eigenvalue weighted by Gasteiger charge is -2.34. The zero-order chi connectivity index (χ0) is 25.6. The van der Waals surface area contributed by atoms with Crippen molar-refractivity contribution in [2.24, 2.45) is 5.92 Å². The van der Waals surface area contributed by atoms with Crippen LogP contribution in [0.15, 0.2) is 24.5 Å². The first-order valence-electron chi connectivity index (χ1n) is 12.3. The van der Waals surface area contributed by atoms with Crippen LogP contribution in [-0.2, 0) is 22.5 Å². The first-order chi connectivity index (χ1) is 17.3. The zero-order valence-electron chi connectivity index (χ0n) is 20.3. The minimum absolute atomic E-state index is 0.0196. The summed E-state index contributed by atoms with van der Waals surface area (Å²) in [5, 5.41) is 25.6. The third kappa shape index (κ3) is 4.32. The number of anilines is 1. The molecular weight excluding hydrogens is 486 g/mol. The summed E-state index contributed by atoms with van der Waals surface area (Å²) in [4.78, 5) is 31.0. The Morgan fingerprint density at radius 2 is 2.08 bits per heavy atom. The van der Waals surface area contributed by atoms with E-state index in [0.29, 0.717) is 23.7 Å². The van der Waals surface area contributed by atoms with Crippen molar-refractivity contribution in [3.8, 4) is 0 Å². The molecule has 0 saturated heterocycles. The number of carboxylic acid groups (broad SMARTS) is 1. The van der Waals surface area contributed by atoms with Gasteiger partial charge in [-0.15, -0.1) is 0 Å². The van der Waals surface area contributed by atoms with E-state index in [0.717, 1.165) is 48.0 Å². The number of benzene rings is 1. The lowest BCUT2D eigenvalue weighted by molar-refractivity contribution is -0.143. The van der Waals surface area contributed by atoms with Crippen LogP contribution >= 0.6 is 11.6 Å². The zero-order valence-corrected chi connectivity index (χ0v) is 21.1. The van der Waals surface area contributed by atoms with Gasteiger partial charge in [-0.3, -0.25) is 14.4 Å². The van der Waals surface area contributed by atoms with Gasteiger partial charge in [0.05, 0.1) is 47.5 Å². The summed E-state index contributed by atoms with van der Waals surface area (Å²) >= 11 is 6.01. The molecule has 10 nitrogen and oxygen atoms in total. The second-order valence-electron chi connectivity index (χ2n) is 9.75. The summed E-state index contributed by atoms with van der Waals surface area (Å²) in [6, 6.07) is 3.69. The molecule has 0 spiro atoms. The highest BCUT2D eigenvalue weighted by Crippen LogP contribution is 2.41. The smallest absolute Gasteiger partial charge is 0.414 e. The van der Waals surface area contributed by atoms with Crippen LogP contribution in [-0.4, -0.2) is 54.8 Å². The van der Waals surface area contributed by atoms with Gasteiger partial charge in [0.15, 0.2) is 0 Å². The molecular formula is C25H30ClN5O5. The monoisotopic (exact) mass is 515 g/mol. The van der Waals surface area contributed by atoms with Gasteiger partial charge in [-0.1, -0.05) is 18.0 Å². The number of carbonyl (C=O) groups is 2. The topological polar surface area (TPSA) is 123 Å². The van der Waals surface area contributed by atoms with Crippen molar-refractivity contribution in [1.82, 2.24) is 19.3 Å². The molecule has 2 aliphatic rings. The third-order valence-corrected chi connectivity index (χ3v) is 7.67. The van der Waals surface area contributed by atoms with E-state index in [1.807, 2.05) is 23.6 Å². The molecule has 1 fully saturated rings. The van der Waals surface area contributed by atoms with Crippen molar-refractivity contribution in [2.75, 3.05) is 12.0 Å². The number of fused-ring (bicyclic) bond motifs is 3. The molecule has 1 aliphatic heterocycles. The highest BCUT2D eigenvalue weighted by Gasteiger charge is 2.35. The van der Waals surface area contributed by atoms with Crippen molar-refractivity contribution < 1.29 is 24.5 Å². The van der Waals surface area contributed by atoms with Crippen molar-refractivity contribution in [2.45, 2.75) is 70.2 Å². The maximum absolute atomic E-state index is 12.6. The normalized spacial score (nSPS) is 22.9. The number of aromatic nitrogens is 4. The number of hydrogen-bond donors (Lipinski definition) is 2. The molecule has 0 unspecified atom stereocenters. The van der Waals surface area contributed by atoms with Gasteiger partial charge in [0, 0.05) is 23.8 Å². The summed E-state index contributed by atoms with van der Waals surface area (Å²) in [6.07, 6.45) is 5.90. The van der Waals surface area contributed by atoms with Crippen LogP contribution in [0.3, 0.4) is 0 Å². The number of amides is 1. The molecule has 1 amide bonds. The number of nitrogens with zero attached hydrogens (tertiary/aromatic N) is 5. The maximum atomic E-state index is 12.6. The van der Waals surface area contributed by atoms with E-state index in [1.165, 1.54) is 13.3 Å². The average molecular weight is 516 g/mol. The number of imidazole rings is 1. The number of aliphatic hydroxyl groups excluding tert-OH is 1. The van der Waals surface area contributed by atoms with Crippen LogP contribution in [0.4, 0.5) is 10.5 Å². The molecule has 5 rings (SSSR count). The Labute approximate surface area is 213 Å².